The van der Waals surface area contributed by atoms with Crippen molar-refractivity contribution < 1.29 is 0 Å². The molecule has 2 aromatic rings. The van der Waals surface area contributed by atoms with Crippen LogP contribution in [0.5, 0.6) is 0 Å². The van der Waals surface area contributed by atoms with E-state index in [2.05, 4.69) is 22.4 Å². The largest absolute Gasteiger partial charge is 0.384 e. The number of nitrogens with zero attached hydrogens (tertiary/aromatic N) is 1. The van der Waals surface area contributed by atoms with Gasteiger partial charge in [0.25, 0.3) is 0 Å². The zero-order chi connectivity index (χ0) is 11.9. The predicted molar refractivity (Wildman–Crippen MR) is 74.9 cm³/mol. The van der Waals surface area contributed by atoms with Gasteiger partial charge in [-0.3, -0.25) is 0 Å². The fraction of sp³-hybridized carbons (Fsp3) is 0.154. The molecule has 0 amide bonds. The molecule has 0 saturated carbocycles. The molecule has 2 rings (SSSR count). The molecule has 0 aliphatic rings. The van der Waals surface area contributed by atoms with Crippen LogP contribution >= 0.6 is 23.4 Å². The smallest absolute Gasteiger partial charge is 0.0961 e. The molecule has 4 heteroatoms. The van der Waals surface area contributed by atoms with E-state index in [1.54, 1.807) is 18.0 Å². The number of nitrogens with one attached hydrogen (secondary N) is 1. The molecule has 1 heterocycles. The lowest BCUT2D eigenvalue weighted by molar-refractivity contribution is 1.12. The Morgan fingerprint density at radius 3 is 2.65 bits per heavy atom. The summed E-state index contributed by atoms with van der Waals surface area (Å²) < 4.78 is 0. The first-order valence-corrected chi connectivity index (χ1v) is 6.74. The number of benzene rings is 1. The van der Waals surface area contributed by atoms with Crippen molar-refractivity contribution >= 4 is 29.1 Å². The van der Waals surface area contributed by atoms with E-state index in [1.165, 1.54) is 0 Å². The van der Waals surface area contributed by atoms with Gasteiger partial charge in [-0.2, -0.15) is 0 Å². The summed E-state index contributed by atoms with van der Waals surface area (Å²) in [6.07, 6.45) is 1.68. The number of anilines is 1. The minimum Gasteiger partial charge on any atom is -0.384 e. The molecule has 1 N–H and O–H groups in total. The van der Waals surface area contributed by atoms with Gasteiger partial charge < -0.3 is 5.32 Å². The minimum absolute atomic E-state index is 0.678. The Kier molecular flexibility index (Phi) is 4.71. The van der Waals surface area contributed by atoms with Crippen LogP contribution in [0.3, 0.4) is 0 Å². The Morgan fingerprint density at radius 1 is 1.12 bits per heavy atom. The van der Waals surface area contributed by atoms with Crippen LogP contribution in [0.15, 0.2) is 53.7 Å². The third-order valence-electron chi connectivity index (χ3n) is 2.16. The van der Waals surface area contributed by atoms with Crippen LogP contribution in [-0.2, 0) is 0 Å². The van der Waals surface area contributed by atoms with Gasteiger partial charge in [-0.1, -0.05) is 29.8 Å². The number of hydrogen-bond donors (Lipinski definition) is 1. The number of pyridine rings is 1. The molecule has 0 spiro atoms. The van der Waals surface area contributed by atoms with E-state index in [9.17, 15) is 0 Å². The van der Waals surface area contributed by atoms with E-state index >= 15 is 0 Å². The average molecular weight is 265 g/mol. The zero-order valence-corrected chi connectivity index (χ0v) is 10.8. The van der Waals surface area contributed by atoms with E-state index in [0.717, 1.165) is 23.0 Å². The Morgan fingerprint density at radius 2 is 1.94 bits per heavy atom. The highest BCUT2D eigenvalue weighted by atomic mass is 35.5. The van der Waals surface area contributed by atoms with Gasteiger partial charge in [0.05, 0.1) is 10.0 Å². The number of halogens is 1. The standard InChI is InChI=1S/C13H13ClN2S/c14-11-6-7-13(16-10-11)17-9-8-15-12-4-2-1-3-5-12/h1-7,10,15H,8-9H2. The van der Waals surface area contributed by atoms with Crippen molar-refractivity contribution in [2.75, 3.05) is 17.6 Å². The summed E-state index contributed by atoms with van der Waals surface area (Å²) in [6, 6.07) is 14.0. The first-order chi connectivity index (χ1) is 8.34. The van der Waals surface area contributed by atoms with Crippen molar-refractivity contribution in [1.82, 2.24) is 4.98 Å². The Balaban J connectivity index is 1.71. The molecule has 0 unspecified atom stereocenters. The van der Waals surface area contributed by atoms with Crippen molar-refractivity contribution in [1.29, 1.82) is 0 Å². The van der Waals surface area contributed by atoms with Gasteiger partial charge in [0.1, 0.15) is 0 Å². The zero-order valence-electron chi connectivity index (χ0n) is 9.27. The Labute approximate surface area is 110 Å². The summed E-state index contributed by atoms with van der Waals surface area (Å²) in [5.41, 5.74) is 1.15. The minimum atomic E-state index is 0.678. The third-order valence-corrected chi connectivity index (χ3v) is 3.32. The number of rotatable bonds is 5. The summed E-state index contributed by atoms with van der Waals surface area (Å²) in [5, 5.41) is 5.03. The Hall–Kier alpha value is -1.19. The number of para-hydroxylation sites is 1. The second-order valence-corrected chi connectivity index (χ2v) is 5.01. The van der Waals surface area contributed by atoms with Gasteiger partial charge in [-0.25, -0.2) is 4.98 Å². The summed E-state index contributed by atoms with van der Waals surface area (Å²) in [4.78, 5) is 4.23. The molecule has 17 heavy (non-hydrogen) atoms. The molecular formula is C13H13ClN2S. The third kappa shape index (κ3) is 4.29. The fourth-order valence-corrected chi connectivity index (χ4v) is 2.17. The molecule has 1 aromatic carbocycles. The first-order valence-electron chi connectivity index (χ1n) is 5.38. The number of aromatic nitrogens is 1. The lowest BCUT2D eigenvalue weighted by Gasteiger charge is -2.05. The summed E-state index contributed by atoms with van der Waals surface area (Å²) >= 11 is 7.49. The lowest BCUT2D eigenvalue weighted by atomic mass is 10.3. The van der Waals surface area contributed by atoms with Gasteiger partial charge in [-0.05, 0) is 24.3 Å². The molecular weight excluding hydrogens is 252 g/mol. The molecule has 0 fully saturated rings. The highest BCUT2D eigenvalue weighted by Crippen LogP contribution is 2.17. The van der Waals surface area contributed by atoms with Gasteiger partial charge in [0, 0.05) is 24.2 Å². The SMILES string of the molecule is Clc1ccc(SCCNc2ccccc2)nc1. The van der Waals surface area contributed by atoms with Crippen LogP contribution < -0.4 is 5.32 Å². The van der Waals surface area contributed by atoms with E-state index in [1.807, 2.05) is 30.3 Å². The summed E-state index contributed by atoms with van der Waals surface area (Å²) in [6.45, 7) is 0.916. The first kappa shape index (κ1) is 12.3. The predicted octanol–water partition coefficient (Wildman–Crippen LogP) is 3.94. The number of thioether (sulfide) groups is 1. The quantitative estimate of drug-likeness (QED) is 0.654. The Bertz CT molecular complexity index is 445. The maximum Gasteiger partial charge on any atom is 0.0961 e. The topological polar surface area (TPSA) is 24.9 Å². The van der Waals surface area contributed by atoms with Gasteiger partial charge in [0.15, 0.2) is 0 Å². The van der Waals surface area contributed by atoms with Crippen molar-refractivity contribution in [3.05, 3.63) is 53.7 Å². The van der Waals surface area contributed by atoms with Crippen LogP contribution in [0, 0.1) is 0 Å². The number of hydrogen-bond acceptors (Lipinski definition) is 3. The van der Waals surface area contributed by atoms with Crippen molar-refractivity contribution in [2.45, 2.75) is 5.03 Å². The molecule has 0 radical (unpaired) electrons. The van der Waals surface area contributed by atoms with Crippen molar-refractivity contribution in [2.24, 2.45) is 0 Å². The molecule has 0 saturated heterocycles. The molecule has 0 aliphatic carbocycles. The van der Waals surface area contributed by atoms with Crippen molar-refractivity contribution in [3.63, 3.8) is 0 Å². The van der Waals surface area contributed by atoms with Crippen LogP contribution in [0.4, 0.5) is 5.69 Å². The highest BCUT2D eigenvalue weighted by Gasteiger charge is 1.95. The second-order valence-electron chi connectivity index (χ2n) is 3.46. The molecule has 0 aliphatic heterocycles. The maximum absolute atomic E-state index is 5.77. The van der Waals surface area contributed by atoms with E-state index < -0.39 is 0 Å². The van der Waals surface area contributed by atoms with Crippen LogP contribution in [-0.4, -0.2) is 17.3 Å². The summed E-state index contributed by atoms with van der Waals surface area (Å²) in [5.74, 6) is 0.976. The van der Waals surface area contributed by atoms with Crippen LogP contribution in [0.25, 0.3) is 0 Å². The van der Waals surface area contributed by atoms with Crippen molar-refractivity contribution in [3.8, 4) is 0 Å². The highest BCUT2D eigenvalue weighted by molar-refractivity contribution is 7.99. The molecule has 1 aromatic heterocycles. The monoisotopic (exact) mass is 264 g/mol. The molecule has 88 valence electrons. The average Bonchev–Trinajstić information content (AvgIpc) is 2.38. The normalized spacial score (nSPS) is 10.2. The molecule has 0 bridgehead atoms. The summed E-state index contributed by atoms with van der Waals surface area (Å²) in [7, 11) is 0. The molecule has 0 atom stereocenters. The van der Waals surface area contributed by atoms with E-state index in [4.69, 9.17) is 11.6 Å². The van der Waals surface area contributed by atoms with Gasteiger partial charge in [0.2, 0.25) is 0 Å². The fourth-order valence-electron chi connectivity index (χ4n) is 1.35. The van der Waals surface area contributed by atoms with Gasteiger partial charge >= 0.3 is 0 Å². The maximum atomic E-state index is 5.77. The second kappa shape index (κ2) is 6.52. The lowest BCUT2D eigenvalue weighted by Crippen LogP contribution is -2.03. The molecule has 2 nitrogen and oxygen atoms in total. The van der Waals surface area contributed by atoms with Crippen LogP contribution in [0.2, 0.25) is 5.02 Å². The van der Waals surface area contributed by atoms with E-state index in [0.29, 0.717) is 5.02 Å². The van der Waals surface area contributed by atoms with Crippen LogP contribution in [0.1, 0.15) is 0 Å². The van der Waals surface area contributed by atoms with Gasteiger partial charge in [-0.15, -0.1) is 11.8 Å². The van der Waals surface area contributed by atoms with E-state index in [-0.39, 0.29) is 0 Å².